The Balaban J connectivity index is 1.82. The van der Waals surface area contributed by atoms with Crippen molar-refractivity contribution in [1.82, 2.24) is 10.2 Å². The van der Waals surface area contributed by atoms with Crippen molar-refractivity contribution in [3.8, 4) is 11.1 Å². The van der Waals surface area contributed by atoms with E-state index in [1.165, 1.54) is 0 Å². The van der Waals surface area contributed by atoms with Gasteiger partial charge in [-0.1, -0.05) is 42.5 Å². The summed E-state index contributed by atoms with van der Waals surface area (Å²) in [5.41, 5.74) is 3.00. The van der Waals surface area contributed by atoms with Gasteiger partial charge >= 0.3 is 5.97 Å². The number of nitrogens with zero attached hydrogens (tertiary/aromatic N) is 1. The maximum Gasteiger partial charge on any atom is 0.326 e. The van der Waals surface area contributed by atoms with E-state index in [-0.39, 0.29) is 5.91 Å². The minimum Gasteiger partial charge on any atom is -0.480 e. The molecule has 0 spiro atoms. The quantitative estimate of drug-likeness (QED) is 0.469. The van der Waals surface area contributed by atoms with Gasteiger partial charge in [-0.05, 0) is 54.2 Å². The number of carboxylic acid groups (broad SMARTS) is 1. The van der Waals surface area contributed by atoms with Crippen molar-refractivity contribution in [2.45, 2.75) is 18.9 Å². The molecule has 1 fully saturated rings. The highest BCUT2D eigenvalue weighted by atomic mass is 32.2. The van der Waals surface area contributed by atoms with Gasteiger partial charge in [0.1, 0.15) is 6.04 Å². The molecule has 1 atom stereocenters. The second kappa shape index (κ2) is 11.3. The zero-order valence-corrected chi connectivity index (χ0v) is 19.1. The average molecular weight is 458 g/mol. The highest BCUT2D eigenvalue weighted by Crippen LogP contribution is 2.27. The van der Waals surface area contributed by atoms with E-state index in [2.05, 4.69) is 15.5 Å². The van der Waals surface area contributed by atoms with Crippen LogP contribution in [-0.2, 0) is 4.79 Å². The lowest BCUT2D eigenvalue weighted by Crippen LogP contribution is -2.41. The summed E-state index contributed by atoms with van der Waals surface area (Å²) in [4.78, 5) is 27.9. The van der Waals surface area contributed by atoms with Crippen LogP contribution in [0.4, 0.5) is 5.69 Å². The number of hydrogen-bond donors (Lipinski definition) is 3. The molecule has 0 bridgehead atoms. The molecule has 2 aromatic rings. The highest BCUT2D eigenvalue weighted by Gasteiger charge is 2.22. The first kappa shape index (κ1) is 23.2. The summed E-state index contributed by atoms with van der Waals surface area (Å²) >= 11 is 6.83. The molecule has 0 unspecified atom stereocenters. The fourth-order valence-electron chi connectivity index (χ4n) is 3.47. The molecular formula is C23H27N3O3S2. The van der Waals surface area contributed by atoms with Crippen LogP contribution in [0.1, 0.15) is 23.2 Å². The summed E-state index contributed by atoms with van der Waals surface area (Å²) in [6, 6.07) is 14.3. The number of rotatable bonds is 10. The van der Waals surface area contributed by atoms with Gasteiger partial charge in [-0.25, -0.2) is 4.79 Å². The van der Waals surface area contributed by atoms with Gasteiger partial charge in [0.15, 0.2) is 0 Å². The number of thioether (sulfide) groups is 1. The first-order valence-corrected chi connectivity index (χ1v) is 12.0. The maximum atomic E-state index is 13.0. The molecule has 3 N–H and O–H groups in total. The van der Waals surface area contributed by atoms with Gasteiger partial charge < -0.3 is 15.7 Å². The Bertz CT molecular complexity index is 937. The molecule has 0 saturated carbocycles. The first-order chi connectivity index (χ1) is 15.0. The predicted molar refractivity (Wildman–Crippen MR) is 131 cm³/mol. The number of nitrogens with one attached hydrogen (secondary N) is 2. The van der Waals surface area contributed by atoms with Crippen molar-refractivity contribution in [2.75, 3.05) is 37.1 Å². The first-order valence-electron chi connectivity index (χ1n) is 10.2. The fourth-order valence-corrected chi connectivity index (χ4v) is 4.21. The number of carbonyl (C=O) groups is 2. The number of carboxylic acids is 1. The van der Waals surface area contributed by atoms with Crippen LogP contribution in [0.25, 0.3) is 11.1 Å². The number of likely N-dealkylation sites (tertiary alicyclic amines) is 1. The van der Waals surface area contributed by atoms with Gasteiger partial charge in [0.25, 0.3) is 5.91 Å². The molecule has 6 nitrogen and oxygen atoms in total. The lowest BCUT2D eigenvalue weighted by atomic mass is 9.98. The minimum atomic E-state index is -1.02. The molecule has 0 aliphatic carbocycles. The van der Waals surface area contributed by atoms with E-state index in [0.29, 0.717) is 24.4 Å². The van der Waals surface area contributed by atoms with Gasteiger partial charge in [0.05, 0.1) is 6.67 Å². The van der Waals surface area contributed by atoms with Crippen molar-refractivity contribution in [3.05, 3.63) is 54.1 Å². The molecule has 1 aliphatic rings. The Morgan fingerprint density at radius 3 is 2.65 bits per heavy atom. The largest absolute Gasteiger partial charge is 0.480 e. The number of benzene rings is 2. The molecular weight excluding hydrogens is 430 g/mol. The second-order valence-electron chi connectivity index (χ2n) is 7.45. The molecule has 0 aromatic heterocycles. The van der Waals surface area contributed by atoms with E-state index in [0.717, 1.165) is 41.2 Å². The number of amides is 1. The van der Waals surface area contributed by atoms with E-state index in [4.69, 9.17) is 12.2 Å². The van der Waals surface area contributed by atoms with Crippen LogP contribution < -0.4 is 10.6 Å². The second-order valence-corrected chi connectivity index (χ2v) is 9.01. The summed E-state index contributed by atoms with van der Waals surface area (Å²) in [7, 11) is 0. The van der Waals surface area contributed by atoms with E-state index >= 15 is 0 Å². The lowest BCUT2D eigenvalue weighted by molar-refractivity contribution is -0.139. The third kappa shape index (κ3) is 6.53. The number of carbonyl (C=O) groups excluding carboxylic acids is 1. The standard InChI is InChI=1S/C23H27N3O3S2/c1-31-12-10-21(23(28)29)25-22(27)19-8-7-17(24-15-26-11-9-18(30)14-26)13-20(19)16-5-3-2-4-6-16/h2-8,13,21,24H,9-12,14-15H2,1H3,(H,25,27)(H,28,29)/t21-/m0/s1. The lowest BCUT2D eigenvalue weighted by Gasteiger charge is -2.19. The van der Waals surface area contributed by atoms with E-state index in [1.807, 2.05) is 48.7 Å². The Hall–Kier alpha value is -2.42. The van der Waals surface area contributed by atoms with Crippen LogP contribution >= 0.6 is 24.0 Å². The summed E-state index contributed by atoms with van der Waals surface area (Å²) in [5, 5.41) is 15.6. The van der Waals surface area contributed by atoms with Crippen molar-refractivity contribution < 1.29 is 14.7 Å². The van der Waals surface area contributed by atoms with Crippen LogP contribution in [0.3, 0.4) is 0 Å². The zero-order chi connectivity index (χ0) is 22.2. The summed E-state index contributed by atoms with van der Waals surface area (Å²) in [6.45, 7) is 2.45. The summed E-state index contributed by atoms with van der Waals surface area (Å²) in [5.74, 6) is -0.750. The smallest absolute Gasteiger partial charge is 0.326 e. The van der Waals surface area contributed by atoms with Crippen LogP contribution in [0.15, 0.2) is 48.5 Å². The number of anilines is 1. The number of hydrogen-bond acceptors (Lipinski definition) is 6. The molecule has 0 radical (unpaired) electrons. The van der Waals surface area contributed by atoms with Crippen molar-refractivity contribution in [1.29, 1.82) is 0 Å². The Labute approximate surface area is 192 Å². The number of thiocarbonyl (C=S) groups is 1. The third-order valence-corrected chi connectivity index (χ3v) is 6.15. The van der Waals surface area contributed by atoms with Crippen LogP contribution in [0, 0.1) is 0 Å². The van der Waals surface area contributed by atoms with Crippen molar-refractivity contribution in [2.24, 2.45) is 0 Å². The fraction of sp³-hybridized carbons (Fsp3) is 0.348. The zero-order valence-electron chi connectivity index (χ0n) is 17.5. The monoisotopic (exact) mass is 457 g/mol. The molecule has 1 amide bonds. The Morgan fingerprint density at radius 1 is 1.23 bits per heavy atom. The molecule has 8 heteroatoms. The minimum absolute atomic E-state index is 0.375. The average Bonchev–Trinajstić information content (AvgIpc) is 3.20. The predicted octanol–water partition coefficient (Wildman–Crippen LogP) is 3.73. The molecule has 1 saturated heterocycles. The molecule has 31 heavy (non-hydrogen) atoms. The van der Waals surface area contributed by atoms with E-state index in [1.54, 1.807) is 17.8 Å². The van der Waals surface area contributed by atoms with Crippen LogP contribution in [-0.4, -0.2) is 64.6 Å². The topological polar surface area (TPSA) is 81.7 Å². The Morgan fingerprint density at radius 2 is 2.00 bits per heavy atom. The van der Waals surface area contributed by atoms with E-state index < -0.39 is 12.0 Å². The summed E-state index contributed by atoms with van der Waals surface area (Å²) < 4.78 is 0. The molecule has 1 heterocycles. The SMILES string of the molecule is CSCC[C@H](NC(=O)c1ccc(NCN2CCC(=S)C2)cc1-c1ccccc1)C(=O)O. The van der Waals surface area contributed by atoms with Crippen molar-refractivity contribution >= 4 is 46.4 Å². The van der Waals surface area contributed by atoms with Gasteiger partial charge in [-0.2, -0.15) is 11.8 Å². The molecule has 3 rings (SSSR count). The van der Waals surface area contributed by atoms with Crippen LogP contribution in [0.5, 0.6) is 0 Å². The maximum absolute atomic E-state index is 13.0. The van der Waals surface area contributed by atoms with Gasteiger partial charge in [-0.15, -0.1) is 0 Å². The number of aliphatic carboxylic acids is 1. The van der Waals surface area contributed by atoms with Gasteiger partial charge in [0, 0.05) is 29.2 Å². The molecule has 1 aliphatic heterocycles. The molecule has 2 aromatic carbocycles. The van der Waals surface area contributed by atoms with E-state index in [9.17, 15) is 14.7 Å². The van der Waals surface area contributed by atoms with Crippen molar-refractivity contribution in [3.63, 3.8) is 0 Å². The third-order valence-electron chi connectivity index (χ3n) is 5.18. The van der Waals surface area contributed by atoms with Gasteiger partial charge in [-0.3, -0.25) is 9.69 Å². The molecule has 164 valence electrons. The van der Waals surface area contributed by atoms with Gasteiger partial charge in [0.2, 0.25) is 0 Å². The Kier molecular flexibility index (Phi) is 8.45. The normalized spacial score (nSPS) is 14.9. The summed E-state index contributed by atoms with van der Waals surface area (Å²) in [6.07, 6.45) is 3.24. The van der Waals surface area contributed by atoms with Crippen LogP contribution in [0.2, 0.25) is 0 Å². The highest BCUT2D eigenvalue weighted by molar-refractivity contribution is 7.98.